The lowest BCUT2D eigenvalue weighted by molar-refractivity contribution is -0.140. The zero-order valence-electron chi connectivity index (χ0n) is 22.0. The van der Waals surface area contributed by atoms with Crippen LogP contribution in [0.5, 0.6) is 0 Å². The smallest absolute Gasteiger partial charge is 0.237 e. The second-order valence-electron chi connectivity index (χ2n) is 11.6. The molecule has 6 nitrogen and oxygen atoms in total. The van der Waals surface area contributed by atoms with E-state index >= 15 is 0 Å². The molecule has 1 N–H and O–H groups in total. The Hall–Kier alpha value is -4.20. The fourth-order valence-electron chi connectivity index (χ4n) is 5.85. The number of pyridine rings is 2. The predicted octanol–water partition coefficient (Wildman–Crippen LogP) is 5.47. The molecule has 1 spiro atoms. The molecule has 0 unspecified atom stereocenters. The first-order valence-electron chi connectivity index (χ1n) is 12.9. The fourth-order valence-corrected chi connectivity index (χ4v) is 5.85. The van der Waals surface area contributed by atoms with Gasteiger partial charge in [0.2, 0.25) is 11.8 Å². The first-order chi connectivity index (χ1) is 18.5. The van der Waals surface area contributed by atoms with E-state index in [-0.39, 0.29) is 24.9 Å². The fraction of sp³-hybridized carbons (Fsp3) is 0.290. The second-order valence-corrected chi connectivity index (χ2v) is 11.6. The summed E-state index contributed by atoms with van der Waals surface area (Å²) in [6, 6.07) is 13.2. The highest BCUT2D eigenvalue weighted by Gasteiger charge is 2.51. The highest BCUT2D eigenvalue weighted by atomic mass is 19.1. The van der Waals surface area contributed by atoms with E-state index < -0.39 is 22.5 Å². The van der Waals surface area contributed by atoms with Crippen molar-refractivity contribution in [2.24, 2.45) is 5.41 Å². The van der Waals surface area contributed by atoms with E-state index in [4.69, 9.17) is 0 Å². The van der Waals surface area contributed by atoms with Crippen LogP contribution in [0.15, 0.2) is 60.9 Å². The number of fused-ring (bicyclic) bond motifs is 4. The Morgan fingerprint density at radius 2 is 1.67 bits per heavy atom. The topological polar surface area (TPSA) is 75.2 Å². The molecule has 6 rings (SSSR count). The highest BCUT2D eigenvalue weighted by Crippen LogP contribution is 2.47. The molecule has 1 atom stereocenters. The van der Waals surface area contributed by atoms with E-state index in [0.717, 1.165) is 39.2 Å². The first kappa shape index (κ1) is 25.1. The third-order valence-electron chi connectivity index (χ3n) is 7.63. The van der Waals surface area contributed by atoms with Gasteiger partial charge in [-0.3, -0.25) is 14.6 Å². The monoisotopic (exact) mass is 526 g/mol. The van der Waals surface area contributed by atoms with Crippen LogP contribution >= 0.6 is 0 Å². The number of nitrogens with zero attached hydrogens (tertiary/aromatic N) is 3. The molecule has 0 fully saturated rings. The number of aromatic nitrogens is 2. The Morgan fingerprint density at radius 3 is 2.38 bits per heavy atom. The molecule has 2 aromatic heterocycles. The highest BCUT2D eigenvalue weighted by molar-refractivity contribution is 6.06. The molecule has 1 aliphatic heterocycles. The average Bonchev–Trinajstić information content (AvgIpc) is 3.37. The lowest BCUT2D eigenvalue weighted by Crippen LogP contribution is -2.38. The molecular formula is C31H28F2N4O2. The quantitative estimate of drug-likeness (QED) is 0.383. The molecule has 39 heavy (non-hydrogen) atoms. The van der Waals surface area contributed by atoms with Crippen LogP contribution in [-0.2, 0) is 40.9 Å². The molecule has 1 aliphatic carbocycles. The summed E-state index contributed by atoms with van der Waals surface area (Å²) in [4.78, 5) is 37.0. The van der Waals surface area contributed by atoms with E-state index in [0.29, 0.717) is 24.2 Å². The van der Waals surface area contributed by atoms with Crippen molar-refractivity contribution in [1.82, 2.24) is 14.9 Å². The maximum atomic E-state index is 13.9. The number of benzene rings is 2. The van der Waals surface area contributed by atoms with Crippen molar-refractivity contribution in [1.29, 1.82) is 0 Å². The van der Waals surface area contributed by atoms with Crippen molar-refractivity contribution in [3.05, 3.63) is 100 Å². The predicted molar refractivity (Wildman–Crippen MR) is 144 cm³/mol. The standard InChI is InChI=1S/C31H28F2N4O2/c1-30(2,3)29(39)37(16-18-8-23(32)12-24(33)9-18)17-19-7-20-10-21-13-31(14-22(21)11-26(20)35-15-19)25-5-4-6-34-27(25)36-28(31)38/h4-12,15H,13-14,16-17H2,1-3H3,(H,34,36,38)/t31-/m0/s1. The summed E-state index contributed by atoms with van der Waals surface area (Å²) >= 11 is 0. The largest absolute Gasteiger partial charge is 0.334 e. The molecule has 4 aromatic rings. The van der Waals surface area contributed by atoms with E-state index in [1.54, 1.807) is 17.3 Å². The summed E-state index contributed by atoms with van der Waals surface area (Å²) in [7, 11) is 0. The summed E-state index contributed by atoms with van der Waals surface area (Å²) in [6.07, 6.45) is 4.57. The third-order valence-corrected chi connectivity index (χ3v) is 7.63. The van der Waals surface area contributed by atoms with Gasteiger partial charge in [-0.1, -0.05) is 26.8 Å². The maximum absolute atomic E-state index is 13.9. The van der Waals surface area contributed by atoms with E-state index in [9.17, 15) is 18.4 Å². The Balaban J connectivity index is 1.32. The number of hydrogen-bond acceptors (Lipinski definition) is 4. The van der Waals surface area contributed by atoms with Crippen molar-refractivity contribution >= 4 is 28.5 Å². The Labute approximate surface area is 225 Å². The number of carbonyl (C=O) groups excluding carboxylic acids is 2. The maximum Gasteiger partial charge on any atom is 0.237 e. The van der Waals surface area contributed by atoms with Crippen molar-refractivity contribution in [3.63, 3.8) is 0 Å². The van der Waals surface area contributed by atoms with Crippen LogP contribution in [0.25, 0.3) is 10.9 Å². The van der Waals surface area contributed by atoms with Gasteiger partial charge in [0.15, 0.2) is 0 Å². The lowest BCUT2D eigenvalue weighted by atomic mass is 9.79. The Kier molecular flexibility index (Phi) is 5.75. The number of carbonyl (C=O) groups is 2. The lowest BCUT2D eigenvalue weighted by Gasteiger charge is -2.30. The van der Waals surface area contributed by atoms with Crippen LogP contribution < -0.4 is 5.32 Å². The number of amides is 2. The molecule has 0 saturated heterocycles. The molecular weight excluding hydrogens is 498 g/mol. The summed E-state index contributed by atoms with van der Waals surface area (Å²) in [6.45, 7) is 5.76. The number of hydrogen-bond donors (Lipinski definition) is 1. The van der Waals surface area contributed by atoms with Gasteiger partial charge in [-0.15, -0.1) is 0 Å². The van der Waals surface area contributed by atoms with Gasteiger partial charge in [-0.25, -0.2) is 13.8 Å². The molecule has 0 saturated carbocycles. The minimum Gasteiger partial charge on any atom is -0.334 e. The molecule has 8 heteroatoms. The normalized spacial score (nSPS) is 17.8. The molecule has 2 aromatic carbocycles. The molecule has 2 aliphatic rings. The minimum absolute atomic E-state index is 0.0322. The zero-order chi connectivity index (χ0) is 27.5. The van der Waals surface area contributed by atoms with Crippen molar-refractivity contribution in [2.45, 2.75) is 52.1 Å². The summed E-state index contributed by atoms with van der Waals surface area (Å²) in [5, 5.41) is 3.85. The molecule has 2 amide bonds. The molecule has 198 valence electrons. The molecule has 3 heterocycles. The van der Waals surface area contributed by atoms with Crippen LogP contribution in [-0.4, -0.2) is 26.7 Å². The van der Waals surface area contributed by atoms with Crippen molar-refractivity contribution < 1.29 is 18.4 Å². The van der Waals surface area contributed by atoms with Gasteiger partial charge in [0.1, 0.15) is 17.5 Å². The van der Waals surface area contributed by atoms with Gasteiger partial charge in [-0.2, -0.15) is 0 Å². The average molecular weight is 527 g/mol. The SMILES string of the molecule is CC(C)(C)C(=O)N(Cc1cc(F)cc(F)c1)Cc1cnc2cc3c(cc2c1)C[C@@]1(C3)C(=O)Nc2ncccc21. The van der Waals surface area contributed by atoms with Crippen LogP contribution in [0, 0.1) is 17.0 Å². The van der Waals surface area contributed by atoms with Crippen molar-refractivity contribution in [3.8, 4) is 0 Å². The third kappa shape index (κ3) is 4.43. The second kappa shape index (κ2) is 8.93. The molecule has 0 bridgehead atoms. The summed E-state index contributed by atoms with van der Waals surface area (Å²) < 4.78 is 27.7. The number of halogens is 2. The van der Waals surface area contributed by atoms with Gasteiger partial charge < -0.3 is 10.2 Å². The van der Waals surface area contributed by atoms with Crippen LogP contribution in [0.1, 0.15) is 48.6 Å². The van der Waals surface area contributed by atoms with E-state index in [2.05, 4.69) is 21.4 Å². The molecule has 0 radical (unpaired) electrons. The van der Waals surface area contributed by atoms with Gasteiger partial charge in [-0.05, 0) is 71.5 Å². The van der Waals surface area contributed by atoms with Gasteiger partial charge in [0.25, 0.3) is 0 Å². The minimum atomic E-state index is -0.682. The van der Waals surface area contributed by atoms with Crippen LogP contribution in [0.2, 0.25) is 0 Å². The van der Waals surface area contributed by atoms with Crippen LogP contribution in [0.4, 0.5) is 14.6 Å². The number of nitrogens with one attached hydrogen (secondary N) is 1. The van der Waals surface area contributed by atoms with Gasteiger partial charge >= 0.3 is 0 Å². The van der Waals surface area contributed by atoms with E-state index in [1.165, 1.54) is 12.1 Å². The first-order valence-corrected chi connectivity index (χ1v) is 12.9. The van der Waals surface area contributed by atoms with Crippen molar-refractivity contribution in [2.75, 3.05) is 5.32 Å². The van der Waals surface area contributed by atoms with Gasteiger partial charge in [0, 0.05) is 47.9 Å². The summed E-state index contributed by atoms with van der Waals surface area (Å²) in [5.74, 6) is -0.900. The Morgan fingerprint density at radius 1 is 0.974 bits per heavy atom. The Bertz CT molecular complexity index is 1640. The number of anilines is 1. The van der Waals surface area contributed by atoms with Crippen LogP contribution in [0.3, 0.4) is 0 Å². The van der Waals surface area contributed by atoms with E-state index in [1.807, 2.05) is 45.0 Å². The number of rotatable bonds is 4. The van der Waals surface area contributed by atoms with Gasteiger partial charge in [0.05, 0.1) is 10.9 Å². The zero-order valence-corrected chi connectivity index (χ0v) is 22.0. The summed E-state index contributed by atoms with van der Waals surface area (Å²) in [5.41, 5.74) is 3.75.